The fourth-order valence-corrected chi connectivity index (χ4v) is 6.36. The Morgan fingerprint density at radius 2 is 1.74 bits per heavy atom. The summed E-state index contributed by atoms with van der Waals surface area (Å²) in [6, 6.07) is 14.9. The van der Waals surface area contributed by atoms with E-state index in [1.807, 2.05) is 18.0 Å². The van der Waals surface area contributed by atoms with Crippen LogP contribution in [0.3, 0.4) is 0 Å². The van der Waals surface area contributed by atoms with E-state index in [-0.39, 0.29) is 17.2 Å². The van der Waals surface area contributed by atoms with Crippen molar-refractivity contribution in [1.29, 1.82) is 0 Å². The molecule has 35 heavy (non-hydrogen) atoms. The maximum Gasteiger partial charge on any atom is 0.379 e. The second-order valence-electron chi connectivity index (χ2n) is 9.69. The number of nitrogens with zero attached hydrogens (tertiary/aromatic N) is 1. The van der Waals surface area contributed by atoms with Gasteiger partial charge in [0.15, 0.2) is 0 Å². The number of halogens is 4. The lowest BCUT2D eigenvalue weighted by atomic mass is 9.83. The third kappa shape index (κ3) is 7.23. The minimum Gasteiger partial charge on any atom is -0.381 e. The predicted octanol–water partition coefficient (Wildman–Crippen LogP) is 5.95. The summed E-state index contributed by atoms with van der Waals surface area (Å²) in [7, 11) is 1.13. The number of fused-ring (bicyclic) bond motifs is 1. The van der Waals surface area contributed by atoms with Crippen molar-refractivity contribution in [3.05, 3.63) is 64.2 Å². The first kappa shape index (κ1) is 27.5. The molecule has 1 aliphatic heterocycles. The molecular weight excluding hydrogens is 497 g/mol. The van der Waals surface area contributed by atoms with Crippen LogP contribution in [-0.4, -0.2) is 46.3 Å². The lowest BCUT2D eigenvalue weighted by Crippen LogP contribution is -2.36. The molecule has 0 saturated carbocycles. The summed E-state index contributed by atoms with van der Waals surface area (Å²) >= 11 is 6.20. The zero-order chi connectivity index (χ0) is 25.8. The van der Waals surface area contributed by atoms with Crippen LogP contribution in [0.2, 0.25) is 5.02 Å². The van der Waals surface area contributed by atoms with Crippen molar-refractivity contribution in [3.63, 3.8) is 0 Å². The van der Waals surface area contributed by atoms with Gasteiger partial charge in [-0.1, -0.05) is 43.6 Å². The second kappa shape index (κ2) is 11.8. The van der Waals surface area contributed by atoms with Crippen LogP contribution >= 0.6 is 11.6 Å². The standard InChI is InChI=1S/C25H31ClN2O2S.CHF3/c1-25(2)22-9-6-20(26)14-19(22)15-23(25)27-21-7-4-17(5-8-21)16-28(3)24(29)18-10-12-31(30)13-11-18;2-1(3)4/h4-9,14,18,23,27H,10-13,15-16H2,1-3H3;1H. The summed E-state index contributed by atoms with van der Waals surface area (Å²) in [5, 5.41) is 4.50. The molecule has 0 radical (unpaired) electrons. The van der Waals surface area contributed by atoms with Crippen molar-refractivity contribution in [2.75, 3.05) is 23.9 Å². The second-order valence-corrected chi connectivity index (χ2v) is 11.8. The summed E-state index contributed by atoms with van der Waals surface area (Å²) in [5.74, 6) is 1.49. The number of benzene rings is 2. The molecule has 0 aromatic heterocycles. The van der Waals surface area contributed by atoms with Crippen molar-refractivity contribution >= 4 is 34.0 Å². The Morgan fingerprint density at radius 3 is 2.34 bits per heavy atom. The molecule has 4 nitrogen and oxygen atoms in total. The van der Waals surface area contributed by atoms with E-state index in [1.54, 1.807) is 0 Å². The highest BCUT2D eigenvalue weighted by molar-refractivity contribution is 7.85. The highest BCUT2D eigenvalue weighted by atomic mass is 35.5. The van der Waals surface area contributed by atoms with Gasteiger partial charge in [0, 0.05) is 64.0 Å². The first-order valence-corrected chi connectivity index (χ1v) is 13.5. The third-order valence-corrected chi connectivity index (χ3v) is 8.50. The molecule has 2 aromatic rings. The van der Waals surface area contributed by atoms with Gasteiger partial charge in [-0.25, -0.2) is 0 Å². The van der Waals surface area contributed by atoms with Gasteiger partial charge in [0.2, 0.25) is 5.91 Å². The zero-order valence-corrected chi connectivity index (χ0v) is 21.8. The van der Waals surface area contributed by atoms with Crippen molar-refractivity contribution in [1.82, 2.24) is 4.90 Å². The summed E-state index contributed by atoms with van der Waals surface area (Å²) in [6.07, 6.45) is 2.43. The fourth-order valence-electron chi connectivity index (χ4n) is 4.87. The molecule has 0 spiro atoms. The number of hydrogen-bond donors (Lipinski definition) is 1. The topological polar surface area (TPSA) is 49.4 Å². The van der Waals surface area contributed by atoms with Gasteiger partial charge in [-0.3, -0.25) is 9.00 Å². The Bertz CT molecular complexity index is 1040. The van der Waals surface area contributed by atoms with Crippen LogP contribution in [-0.2, 0) is 34.0 Å². The van der Waals surface area contributed by atoms with Crippen LogP contribution < -0.4 is 5.32 Å². The van der Waals surface area contributed by atoms with Gasteiger partial charge in [0.1, 0.15) is 0 Å². The molecule has 2 aliphatic rings. The lowest BCUT2D eigenvalue weighted by molar-refractivity contribution is -0.135. The van der Waals surface area contributed by atoms with E-state index in [1.165, 1.54) is 11.1 Å². The van der Waals surface area contributed by atoms with Crippen molar-refractivity contribution in [2.24, 2.45) is 5.92 Å². The van der Waals surface area contributed by atoms with Crippen molar-refractivity contribution < 1.29 is 22.2 Å². The molecule has 192 valence electrons. The molecule has 1 N–H and O–H groups in total. The first-order valence-electron chi connectivity index (χ1n) is 11.6. The summed E-state index contributed by atoms with van der Waals surface area (Å²) in [4.78, 5) is 14.5. The molecule has 1 unspecified atom stereocenters. The monoisotopic (exact) mass is 528 g/mol. The van der Waals surface area contributed by atoms with Gasteiger partial charge >= 0.3 is 6.68 Å². The molecule has 9 heteroatoms. The highest BCUT2D eigenvalue weighted by Crippen LogP contribution is 2.41. The predicted molar refractivity (Wildman–Crippen MR) is 136 cm³/mol. The molecule has 1 aliphatic carbocycles. The Labute approximate surface area is 212 Å². The maximum absolute atomic E-state index is 12.7. The highest BCUT2D eigenvalue weighted by Gasteiger charge is 2.39. The number of hydrogen-bond acceptors (Lipinski definition) is 3. The SMILES string of the molecule is CN(Cc1ccc(NC2Cc3cc(Cl)ccc3C2(C)C)cc1)C(=O)C1CCS(=O)CC1.FC(F)F. The smallest absolute Gasteiger partial charge is 0.379 e. The fraction of sp³-hybridized carbons (Fsp3) is 0.500. The Kier molecular flexibility index (Phi) is 9.27. The van der Waals surface area contributed by atoms with Crippen LogP contribution in [0.1, 0.15) is 43.4 Å². The summed E-state index contributed by atoms with van der Waals surface area (Å²) < 4.78 is 40.5. The van der Waals surface area contributed by atoms with Crippen molar-refractivity contribution in [2.45, 2.75) is 57.8 Å². The summed E-state index contributed by atoms with van der Waals surface area (Å²) in [5.41, 5.74) is 4.90. The van der Waals surface area contributed by atoms with Crippen LogP contribution in [0.25, 0.3) is 0 Å². The number of rotatable bonds is 5. The number of amides is 1. The normalized spacial score (nSPS) is 22.7. The van der Waals surface area contributed by atoms with Gasteiger partial charge in [-0.15, -0.1) is 0 Å². The lowest BCUT2D eigenvalue weighted by Gasteiger charge is -2.30. The van der Waals surface area contributed by atoms with E-state index in [4.69, 9.17) is 11.6 Å². The van der Waals surface area contributed by atoms with Gasteiger partial charge in [-0.05, 0) is 60.2 Å². The van der Waals surface area contributed by atoms with Gasteiger partial charge in [0.25, 0.3) is 0 Å². The van der Waals surface area contributed by atoms with E-state index in [2.05, 4.69) is 55.6 Å². The molecule has 1 fully saturated rings. The molecule has 1 heterocycles. The Hall–Kier alpha value is -2.06. The van der Waals surface area contributed by atoms with Crippen LogP contribution in [0.4, 0.5) is 18.9 Å². The van der Waals surface area contributed by atoms with Gasteiger partial charge in [-0.2, -0.15) is 13.2 Å². The molecule has 4 rings (SSSR count). The van der Waals surface area contributed by atoms with Gasteiger partial charge < -0.3 is 10.2 Å². The van der Waals surface area contributed by atoms with Crippen LogP contribution in [0.5, 0.6) is 0 Å². The Balaban J connectivity index is 0.000000795. The Morgan fingerprint density at radius 1 is 1.14 bits per heavy atom. The molecule has 1 saturated heterocycles. The van der Waals surface area contributed by atoms with Gasteiger partial charge in [0.05, 0.1) is 0 Å². The first-order chi connectivity index (χ1) is 16.5. The minimum absolute atomic E-state index is 0.0170. The third-order valence-electron chi connectivity index (χ3n) is 6.88. The average Bonchev–Trinajstić information content (AvgIpc) is 3.03. The molecule has 1 amide bonds. The van der Waals surface area contributed by atoms with E-state index < -0.39 is 17.5 Å². The molecule has 0 bridgehead atoms. The number of carbonyl (C=O) groups is 1. The summed E-state index contributed by atoms with van der Waals surface area (Å²) in [6.45, 7) is 1.48. The molecule has 1 atom stereocenters. The molecular formula is C26H32ClF3N2O2S. The zero-order valence-electron chi connectivity index (χ0n) is 20.2. The van der Waals surface area contributed by atoms with E-state index in [9.17, 15) is 22.2 Å². The van der Waals surface area contributed by atoms with Crippen LogP contribution in [0, 0.1) is 5.92 Å². The quantitative estimate of drug-likeness (QED) is 0.521. The minimum atomic E-state index is -3.67. The number of alkyl halides is 3. The molecule has 2 aromatic carbocycles. The number of carbonyl (C=O) groups excluding carboxylic acids is 1. The van der Waals surface area contributed by atoms with Crippen molar-refractivity contribution in [3.8, 4) is 0 Å². The number of anilines is 1. The van der Waals surface area contributed by atoms with E-state index >= 15 is 0 Å². The van der Waals surface area contributed by atoms with E-state index in [0.717, 1.165) is 35.5 Å². The van der Waals surface area contributed by atoms with E-state index in [0.29, 0.717) is 24.1 Å². The maximum atomic E-state index is 12.7. The average molecular weight is 529 g/mol. The number of nitrogens with one attached hydrogen (secondary N) is 1. The van der Waals surface area contributed by atoms with Crippen LogP contribution in [0.15, 0.2) is 42.5 Å². The largest absolute Gasteiger partial charge is 0.381 e.